The lowest BCUT2D eigenvalue weighted by molar-refractivity contribution is 0.0937. The number of carbonyl (C=O) groups excluding carboxylic acids is 1. The Bertz CT molecular complexity index is 381. The van der Waals surface area contributed by atoms with Gasteiger partial charge in [0.05, 0.1) is 5.56 Å². The maximum atomic E-state index is 11.7. The second-order valence-corrected chi connectivity index (χ2v) is 4.35. The number of rotatable bonds is 4. The lowest BCUT2D eigenvalue weighted by Gasteiger charge is -2.13. The summed E-state index contributed by atoms with van der Waals surface area (Å²) in [6, 6.07) is 3.93. The molecule has 0 aliphatic heterocycles. The van der Waals surface area contributed by atoms with Crippen molar-refractivity contribution in [3.63, 3.8) is 0 Å². The fraction of sp³-hybridized carbons (Fsp3) is 0.364. The molecular weight excluding hydrogens is 274 g/mol. The second-order valence-electron chi connectivity index (χ2n) is 3.55. The van der Waals surface area contributed by atoms with E-state index in [1.807, 2.05) is 6.92 Å². The highest BCUT2D eigenvalue weighted by Crippen LogP contribution is 2.22. The number of phenolic OH excluding ortho intramolecular Hbond substituents is 2. The molecule has 3 N–H and O–H groups in total. The van der Waals surface area contributed by atoms with Crippen LogP contribution in [0.3, 0.4) is 0 Å². The highest BCUT2D eigenvalue weighted by molar-refractivity contribution is 9.09. The number of benzene rings is 1. The van der Waals surface area contributed by atoms with Crippen LogP contribution in [0.4, 0.5) is 0 Å². The molecule has 0 fully saturated rings. The Kier molecular flexibility index (Phi) is 4.61. The number of carbonyl (C=O) groups is 1. The van der Waals surface area contributed by atoms with E-state index < -0.39 is 0 Å². The molecule has 0 bridgehead atoms. The summed E-state index contributed by atoms with van der Waals surface area (Å²) >= 11 is 3.29. The summed E-state index contributed by atoms with van der Waals surface area (Å²) < 4.78 is 0. The molecule has 1 aromatic rings. The van der Waals surface area contributed by atoms with Gasteiger partial charge in [-0.2, -0.15) is 0 Å². The molecule has 16 heavy (non-hydrogen) atoms. The van der Waals surface area contributed by atoms with Crippen LogP contribution in [0.25, 0.3) is 0 Å². The van der Waals surface area contributed by atoms with Gasteiger partial charge in [0.1, 0.15) is 11.5 Å². The number of alkyl halides is 1. The van der Waals surface area contributed by atoms with Crippen molar-refractivity contribution < 1.29 is 15.0 Å². The molecule has 0 aliphatic rings. The van der Waals surface area contributed by atoms with Crippen LogP contribution in [0.15, 0.2) is 18.2 Å². The molecule has 5 heteroatoms. The van der Waals surface area contributed by atoms with E-state index in [2.05, 4.69) is 21.2 Å². The third-order valence-corrected chi connectivity index (χ3v) is 2.60. The van der Waals surface area contributed by atoms with Gasteiger partial charge >= 0.3 is 0 Å². The maximum Gasteiger partial charge on any atom is 0.255 e. The third kappa shape index (κ3) is 3.41. The smallest absolute Gasteiger partial charge is 0.255 e. The van der Waals surface area contributed by atoms with Crippen molar-refractivity contribution in [2.75, 3.05) is 5.33 Å². The highest BCUT2D eigenvalue weighted by atomic mass is 79.9. The predicted octanol–water partition coefficient (Wildman–Crippen LogP) is 2.00. The first-order chi connectivity index (χ1) is 7.54. The quantitative estimate of drug-likeness (QED) is 0.742. The van der Waals surface area contributed by atoms with Crippen LogP contribution in [0, 0.1) is 0 Å². The summed E-state index contributed by atoms with van der Waals surface area (Å²) in [5.41, 5.74) is 0.166. The van der Waals surface area contributed by atoms with Crippen molar-refractivity contribution in [2.24, 2.45) is 0 Å². The molecule has 1 unspecified atom stereocenters. The number of amides is 1. The SMILES string of the molecule is CC(CCBr)NC(=O)c1ccc(O)cc1O. The predicted molar refractivity (Wildman–Crippen MR) is 65.1 cm³/mol. The molecule has 1 rings (SSSR count). The first kappa shape index (κ1) is 12.8. The first-order valence-corrected chi connectivity index (χ1v) is 6.05. The van der Waals surface area contributed by atoms with Gasteiger partial charge in [-0.05, 0) is 25.5 Å². The minimum absolute atomic E-state index is 0.0279. The average Bonchev–Trinajstić information content (AvgIpc) is 2.17. The van der Waals surface area contributed by atoms with Crippen LogP contribution in [0.5, 0.6) is 11.5 Å². The Morgan fingerprint density at radius 2 is 2.19 bits per heavy atom. The number of phenols is 2. The summed E-state index contributed by atoms with van der Waals surface area (Å²) in [6.07, 6.45) is 0.810. The van der Waals surface area contributed by atoms with E-state index in [4.69, 9.17) is 5.11 Å². The molecule has 1 amide bonds. The summed E-state index contributed by atoms with van der Waals surface area (Å²) in [4.78, 5) is 11.7. The molecule has 88 valence electrons. The van der Waals surface area contributed by atoms with Gasteiger partial charge < -0.3 is 15.5 Å². The number of halogens is 1. The molecule has 0 aromatic heterocycles. The fourth-order valence-electron chi connectivity index (χ4n) is 1.25. The van der Waals surface area contributed by atoms with Crippen molar-refractivity contribution >= 4 is 21.8 Å². The monoisotopic (exact) mass is 287 g/mol. The third-order valence-electron chi connectivity index (χ3n) is 2.15. The minimum atomic E-state index is -0.342. The Labute approximate surface area is 102 Å². The molecule has 0 saturated carbocycles. The van der Waals surface area contributed by atoms with Gasteiger partial charge in [0.15, 0.2) is 0 Å². The van der Waals surface area contributed by atoms with Crippen molar-refractivity contribution in [3.05, 3.63) is 23.8 Å². The van der Waals surface area contributed by atoms with Crippen molar-refractivity contribution in [3.8, 4) is 11.5 Å². The Morgan fingerprint density at radius 3 is 2.75 bits per heavy atom. The average molecular weight is 288 g/mol. The minimum Gasteiger partial charge on any atom is -0.508 e. The lowest BCUT2D eigenvalue weighted by Crippen LogP contribution is -2.32. The largest absolute Gasteiger partial charge is 0.508 e. The lowest BCUT2D eigenvalue weighted by atomic mass is 10.1. The zero-order valence-electron chi connectivity index (χ0n) is 8.90. The van der Waals surface area contributed by atoms with Gasteiger partial charge in [0, 0.05) is 17.4 Å². The Morgan fingerprint density at radius 1 is 1.50 bits per heavy atom. The number of hydrogen-bond donors (Lipinski definition) is 3. The van der Waals surface area contributed by atoms with Gasteiger partial charge in [0.2, 0.25) is 0 Å². The van der Waals surface area contributed by atoms with Gasteiger partial charge in [-0.25, -0.2) is 0 Å². The normalized spacial score (nSPS) is 12.1. The standard InChI is InChI=1S/C11H14BrNO3/c1-7(4-5-12)13-11(16)9-3-2-8(14)6-10(9)15/h2-3,6-7,14-15H,4-5H2,1H3,(H,13,16). The topological polar surface area (TPSA) is 69.6 Å². The Hall–Kier alpha value is -1.23. The zero-order chi connectivity index (χ0) is 12.1. The number of hydrogen-bond acceptors (Lipinski definition) is 3. The van der Waals surface area contributed by atoms with Gasteiger partial charge in [0.25, 0.3) is 5.91 Å². The fourth-order valence-corrected chi connectivity index (χ4v) is 1.94. The van der Waals surface area contributed by atoms with E-state index in [9.17, 15) is 9.90 Å². The molecule has 0 radical (unpaired) electrons. The number of aromatic hydroxyl groups is 2. The van der Waals surface area contributed by atoms with Crippen molar-refractivity contribution in [2.45, 2.75) is 19.4 Å². The van der Waals surface area contributed by atoms with Crippen LogP contribution in [-0.4, -0.2) is 27.5 Å². The van der Waals surface area contributed by atoms with Crippen molar-refractivity contribution in [1.29, 1.82) is 0 Å². The molecular formula is C11H14BrNO3. The van der Waals surface area contributed by atoms with E-state index in [0.717, 1.165) is 17.8 Å². The van der Waals surface area contributed by atoms with Gasteiger partial charge in [-0.1, -0.05) is 15.9 Å². The highest BCUT2D eigenvalue weighted by Gasteiger charge is 2.13. The molecule has 4 nitrogen and oxygen atoms in total. The van der Waals surface area contributed by atoms with Crippen LogP contribution < -0.4 is 5.32 Å². The molecule has 0 heterocycles. The molecule has 0 spiro atoms. The maximum absolute atomic E-state index is 11.7. The first-order valence-electron chi connectivity index (χ1n) is 4.93. The van der Waals surface area contributed by atoms with E-state index >= 15 is 0 Å². The van der Waals surface area contributed by atoms with E-state index in [1.54, 1.807) is 0 Å². The summed E-state index contributed by atoms with van der Waals surface area (Å²) in [5, 5.41) is 22.1. The van der Waals surface area contributed by atoms with Crippen molar-refractivity contribution in [1.82, 2.24) is 5.32 Å². The molecule has 1 atom stereocenters. The van der Waals surface area contributed by atoms with E-state index in [1.165, 1.54) is 12.1 Å². The Balaban J connectivity index is 2.73. The second kappa shape index (κ2) is 5.75. The van der Waals surface area contributed by atoms with Crippen LogP contribution in [-0.2, 0) is 0 Å². The summed E-state index contributed by atoms with van der Waals surface area (Å²) in [5.74, 6) is -0.628. The molecule has 1 aromatic carbocycles. The zero-order valence-corrected chi connectivity index (χ0v) is 10.5. The van der Waals surface area contributed by atoms with Crippen LogP contribution in [0.2, 0.25) is 0 Å². The van der Waals surface area contributed by atoms with E-state index in [0.29, 0.717) is 0 Å². The summed E-state index contributed by atoms with van der Waals surface area (Å²) in [7, 11) is 0. The van der Waals surface area contributed by atoms with Gasteiger partial charge in [-0.15, -0.1) is 0 Å². The van der Waals surface area contributed by atoms with Crippen LogP contribution >= 0.6 is 15.9 Å². The molecule has 0 saturated heterocycles. The van der Waals surface area contributed by atoms with Crippen LogP contribution in [0.1, 0.15) is 23.7 Å². The summed E-state index contributed by atoms with van der Waals surface area (Å²) in [6.45, 7) is 1.89. The van der Waals surface area contributed by atoms with E-state index in [-0.39, 0.29) is 29.0 Å². The molecule has 0 aliphatic carbocycles. The number of nitrogens with one attached hydrogen (secondary N) is 1. The van der Waals surface area contributed by atoms with Gasteiger partial charge in [-0.3, -0.25) is 4.79 Å².